The van der Waals surface area contributed by atoms with Crippen LogP contribution in [0.1, 0.15) is 11.1 Å². The molecule has 0 amide bonds. The monoisotopic (exact) mass is 344 g/mol. The maximum absolute atomic E-state index is 12.8. The van der Waals surface area contributed by atoms with Gasteiger partial charge in [0, 0.05) is 15.8 Å². The van der Waals surface area contributed by atoms with Crippen LogP contribution in [-0.2, 0) is 6.18 Å². The highest BCUT2D eigenvalue weighted by Crippen LogP contribution is 2.35. The smallest absolute Gasteiger partial charge is 0.399 e. The van der Waals surface area contributed by atoms with E-state index in [0.29, 0.717) is 21.5 Å². The highest BCUT2D eigenvalue weighted by molar-refractivity contribution is 9.10. The molecule has 0 aliphatic rings. The van der Waals surface area contributed by atoms with Crippen molar-refractivity contribution in [3.63, 3.8) is 0 Å². The molecule has 0 heterocycles. The first kappa shape index (κ1) is 14.7. The first-order valence-corrected chi connectivity index (χ1v) is 6.56. The van der Waals surface area contributed by atoms with Gasteiger partial charge in [-0.1, -0.05) is 6.07 Å². The van der Waals surface area contributed by atoms with E-state index in [1.54, 1.807) is 24.3 Å². The van der Waals surface area contributed by atoms with Gasteiger partial charge in [-0.15, -0.1) is 0 Å². The fraction of sp³-hybridized carbons (Fsp3) is 0.143. The molecule has 2 rings (SSSR count). The molecule has 0 bridgehead atoms. The predicted molar refractivity (Wildman–Crippen MR) is 78.0 cm³/mol. The largest absolute Gasteiger partial charge is 0.416 e. The lowest BCUT2D eigenvalue weighted by molar-refractivity contribution is -0.138. The summed E-state index contributed by atoms with van der Waals surface area (Å²) in [6, 6.07) is 9.20. The molecule has 0 radical (unpaired) electrons. The lowest BCUT2D eigenvalue weighted by atomic mass is 10.1. The van der Waals surface area contributed by atoms with Gasteiger partial charge in [-0.3, -0.25) is 0 Å². The highest BCUT2D eigenvalue weighted by atomic mass is 79.9. The van der Waals surface area contributed by atoms with Crippen LogP contribution in [0.3, 0.4) is 0 Å². The van der Waals surface area contributed by atoms with Crippen LogP contribution in [0.2, 0.25) is 0 Å². The Morgan fingerprint density at radius 2 is 1.80 bits per heavy atom. The van der Waals surface area contributed by atoms with Crippen LogP contribution in [0.4, 0.5) is 30.2 Å². The van der Waals surface area contributed by atoms with E-state index in [1.165, 1.54) is 13.0 Å². The number of nitrogens with one attached hydrogen (secondary N) is 1. The molecule has 2 aromatic rings. The summed E-state index contributed by atoms with van der Waals surface area (Å²) in [5.74, 6) is 0. The van der Waals surface area contributed by atoms with Gasteiger partial charge in [0.2, 0.25) is 0 Å². The van der Waals surface area contributed by atoms with Gasteiger partial charge in [0.1, 0.15) is 0 Å². The Morgan fingerprint density at radius 1 is 1.10 bits per heavy atom. The SMILES string of the molecule is Cc1ccc(Nc2ccc(N)cc2Br)cc1C(F)(F)F. The van der Waals surface area contributed by atoms with E-state index < -0.39 is 11.7 Å². The minimum absolute atomic E-state index is 0.194. The Kier molecular flexibility index (Phi) is 3.94. The quantitative estimate of drug-likeness (QED) is 0.743. The number of aryl methyl sites for hydroxylation is 1. The third-order valence-corrected chi connectivity index (χ3v) is 3.47. The minimum Gasteiger partial charge on any atom is -0.399 e. The van der Waals surface area contributed by atoms with Gasteiger partial charge in [-0.2, -0.15) is 13.2 Å². The van der Waals surface area contributed by atoms with Crippen LogP contribution >= 0.6 is 15.9 Å². The molecule has 0 saturated heterocycles. The number of alkyl halides is 3. The van der Waals surface area contributed by atoms with Crippen LogP contribution in [0.5, 0.6) is 0 Å². The molecule has 0 unspecified atom stereocenters. The lowest BCUT2D eigenvalue weighted by Crippen LogP contribution is -2.08. The number of hydrogen-bond donors (Lipinski definition) is 2. The molecule has 3 N–H and O–H groups in total. The summed E-state index contributed by atoms with van der Waals surface area (Å²) in [7, 11) is 0. The average Bonchev–Trinajstić information content (AvgIpc) is 2.33. The molecule has 6 heteroatoms. The van der Waals surface area contributed by atoms with E-state index >= 15 is 0 Å². The van der Waals surface area contributed by atoms with Crippen molar-refractivity contribution in [3.8, 4) is 0 Å². The zero-order chi connectivity index (χ0) is 14.9. The second-order valence-corrected chi connectivity index (χ2v) is 5.25. The van der Waals surface area contributed by atoms with Crippen molar-refractivity contribution in [2.45, 2.75) is 13.1 Å². The standard InChI is InChI=1S/C14H12BrF3N2/c1-8-2-4-10(7-11(8)14(16,17)18)20-13-5-3-9(19)6-12(13)15/h2-7,20H,19H2,1H3. The van der Waals surface area contributed by atoms with Gasteiger partial charge in [0.05, 0.1) is 11.3 Å². The number of anilines is 3. The van der Waals surface area contributed by atoms with Crippen LogP contribution < -0.4 is 11.1 Å². The fourth-order valence-corrected chi connectivity index (χ4v) is 2.29. The molecule has 0 saturated carbocycles. The molecule has 106 valence electrons. The first-order valence-electron chi connectivity index (χ1n) is 5.77. The highest BCUT2D eigenvalue weighted by Gasteiger charge is 2.32. The van der Waals surface area contributed by atoms with E-state index in [9.17, 15) is 13.2 Å². The van der Waals surface area contributed by atoms with Crippen molar-refractivity contribution < 1.29 is 13.2 Å². The summed E-state index contributed by atoms with van der Waals surface area (Å²) in [6.07, 6.45) is -4.36. The topological polar surface area (TPSA) is 38.0 Å². The zero-order valence-corrected chi connectivity index (χ0v) is 12.1. The molecular weight excluding hydrogens is 333 g/mol. The van der Waals surface area contributed by atoms with E-state index in [2.05, 4.69) is 21.2 Å². The fourth-order valence-electron chi connectivity index (χ4n) is 1.79. The molecule has 0 fully saturated rings. The van der Waals surface area contributed by atoms with E-state index in [1.807, 2.05) is 0 Å². The van der Waals surface area contributed by atoms with Gasteiger partial charge < -0.3 is 11.1 Å². The van der Waals surface area contributed by atoms with Crippen molar-refractivity contribution in [3.05, 3.63) is 52.0 Å². The summed E-state index contributed by atoms with van der Waals surface area (Å²) in [5.41, 5.74) is 6.75. The average molecular weight is 345 g/mol. The second-order valence-electron chi connectivity index (χ2n) is 4.39. The van der Waals surface area contributed by atoms with Crippen molar-refractivity contribution in [1.82, 2.24) is 0 Å². The van der Waals surface area contributed by atoms with Crippen LogP contribution in [0.15, 0.2) is 40.9 Å². The molecule has 0 aromatic heterocycles. The molecule has 0 aliphatic heterocycles. The normalized spacial score (nSPS) is 11.4. The van der Waals surface area contributed by atoms with Gasteiger partial charge in [-0.05, 0) is 58.7 Å². The Bertz CT molecular complexity index is 639. The van der Waals surface area contributed by atoms with Crippen molar-refractivity contribution in [2.24, 2.45) is 0 Å². The number of hydrogen-bond acceptors (Lipinski definition) is 2. The van der Waals surface area contributed by atoms with Crippen LogP contribution in [0.25, 0.3) is 0 Å². The molecule has 0 atom stereocenters. The number of nitrogen functional groups attached to an aromatic ring is 1. The molecule has 20 heavy (non-hydrogen) atoms. The summed E-state index contributed by atoms with van der Waals surface area (Å²) in [6.45, 7) is 1.44. The minimum atomic E-state index is -4.36. The van der Waals surface area contributed by atoms with Crippen molar-refractivity contribution >= 4 is 33.0 Å². The molecular formula is C14H12BrF3N2. The maximum atomic E-state index is 12.8. The van der Waals surface area contributed by atoms with E-state index in [4.69, 9.17) is 5.73 Å². The summed E-state index contributed by atoms with van der Waals surface area (Å²) in [4.78, 5) is 0. The molecule has 0 aliphatic carbocycles. The Balaban J connectivity index is 2.35. The molecule has 2 nitrogen and oxygen atoms in total. The van der Waals surface area contributed by atoms with Gasteiger partial charge in [-0.25, -0.2) is 0 Å². The molecule has 2 aromatic carbocycles. The second kappa shape index (κ2) is 5.36. The Hall–Kier alpha value is -1.69. The summed E-state index contributed by atoms with van der Waals surface area (Å²) < 4.78 is 39.2. The van der Waals surface area contributed by atoms with Crippen molar-refractivity contribution in [1.29, 1.82) is 0 Å². The first-order chi connectivity index (χ1) is 9.27. The van der Waals surface area contributed by atoms with Crippen LogP contribution in [-0.4, -0.2) is 0 Å². The van der Waals surface area contributed by atoms with E-state index in [-0.39, 0.29) is 5.56 Å². The molecule has 0 spiro atoms. The van der Waals surface area contributed by atoms with Crippen molar-refractivity contribution in [2.75, 3.05) is 11.1 Å². The number of rotatable bonds is 2. The number of nitrogens with two attached hydrogens (primary N) is 1. The zero-order valence-electron chi connectivity index (χ0n) is 10.6. The van der Waals surface area contributed by atoms with Gasteiger partial charge in [0.15, 0.2) is 0 Å². The lowest BCUT2D eigenvalue weighted by Gasteiger charge is -2.14. The third kappa shape index (κ3) is 3.25. The maximum Gasteiger partial charge on any atom is 0.416 e. The number of benzene rings is 2. The number of halogens is 4. The Morgan fingerprint density at radius 3 is 2.40 bits per heavy atom. The predicted octanol–water partition coefficient (Wildman–Crippen LogP) is 5.10. The van der Waals surface area contributed by atoms with Gasteiger partial charge >= 0.3 is 6.18 Å². The van der Waals surface area contributed by atoms with E-state index in [0.717, 1.165) is 6.07 Å². The van der Waals surface area contributed by atoms with Crippen LogP contribution in [0, 0.1) is 6.92 Å². The Labute approximate surface area is 122 Å². The summed E-state index contributed by atoms with van der Waals surface area (Å²) in [5, 5.41) is 2.94. The van der Waals surface area contributed by atoms with Gasteiger partial charge in [0.25, 0.3) is 0 Å². The third-order valence-electron chi connectivity index (χ3n) is 2.82. The summed E-state index contributed by atoms with van der Waals surface area (Å²) >= 11 is 3.31.